The highest BCUT2D eigenvalue weighted by atomic mass is 32.2. The second-order valence-corrected chi connectivity index (χ2v) is 8.22. The van der Waals surface area contributed by atoms with Crippen molar-refractivity contribution < 1.29 is 27.5 Å². The molecule has 10 nitrogen and oxygen atoms in total. The SMILES string of the molecule is COc1ccc(C(=O)OCC(=O)N(CCC#N)CCC#N)cc1S(=O)(=O)NC1CC1. The monoisotopic (exact) mass is 434 g/mol. The first kappa shape index (κ1) is 23.1. The minimum Gasteiger partial charge on any atom is -0.495 e. The summed E-state index contributed by atoms with van der Waals surface area (Å²) in [6.45, 7) is -0.358. The van der Waals surface area contributed by atoms with Gasteiger partial charge in [-0.1, -0.05) is 0 Å². The molecule has 1 aliphatic rings. The van der Waals surface area contributed by atoms with Crippen LogP contribution >= 0.6 is 0 Å². The van der Waals surface area contributed by atoms with E-state index in [9.17, 15) is 18.0 Å². The summed E-state index contributed by atoms with van der Waals surface area (Å²) in [5, 5.41) is 17.4. The van der Waals surface area contributed by atoms with E-state index in [0.717, 1.165) is 18.9 Å². The average molecular weight is 434 g/mol. The Balaban J connectivity index is 2.09. The zero-order chi connectivity index (χ0) is 22.1. The van der Waals surface area contributed by atoms with E-state index in [0.29, 0.717) is 0 Å². The number of carbonyl (C=O) groups excluding carboxylic acids is 2. The van der Waals surface area contributed by atoms with E-state index in [1.54, 1.807) is 0 Å². The van der Waals surface area contributed by atoms with Crippen LogP contribution in [0.5, 0.6) is 5.75 Å². The van der Waals surface area contributed by atoms with Crippen LogP contribution < -0.4 is 9.46 Å². The number of hydrogen-bond acceptors (Lipinski definition) is 8. The zero-order valence-electron chi connectivity index (χ0n) is 16.5. The van der Waals surface area contributed by atoms with Gasteiger partial charge in [0.2, 0.25) is 10.0 Å². The van der Waals surface area contributed by atoms with Crippen molar-refractivity contribution in [2.24, 2.45) is 0 Å². The van der Waals surface area contributed by atoms with Gasteiger partial charge in [-0.25, -0.2) is 17.9 Å². The van der Waals surface area contributed by atoms with Crippen molar-refractivity contribution in [3.8, 4) is 17.9 Å². The smallest absolute Gasteiger partial charge is 0.338 e. The topological polar surface area (TPSA) is 150 Å². The van der Waals surface area contributed by atoms with E-state index in [4.69, 9.17) is 20.0 Å². The van der Waals surface area contributed by atoms with Crippen LogP contribution in [0.1, 0.15) is 36.0 Å². The molecule has 0 aromatic heterocycles. The number of carbonyl (C=O) groups is 2. The fourth-order valence-electron chi connectivity index (χ4n) is 2.53. The lowest BCUT2D eigenvalue weighted by Crippen LogP contribution is -2.36. The Kier molecular flexibility index (Phi) is 8.16. The van der Waals surface area contributed by atoms with Gasteiger partial charge in [0.15, 0.2) is 6.61 Å². The summed E-state index contributed by atoms with van der Waals surface area (Å²) in [7, 11) is -2.56. The summed E-state index contributed by atoms with van der Waals surface area (Å²) in [5.41, 5.74) is -0.0552. The van der Waals surface area contributed by atoms with Crippen molar-refractivity contribution >= 4 is 21.9 Å². The van der Waals surface area contributed by atoms with Gasteiger partial charge in [0.1, 0.15) is 10.6 Å². The van der Waals surface area contributed by atoms with Gasteiger partial charge >= 0.3 is 5.97 Å². The second-order valence-electron chi connectivity index (χ2n) is 6.53. The molecule has 1 aromatic carbocycles. The van der Waals surface area contributed by atoms with Gasteiger partial charge in [-0.05, 0) is 31.0 Å². The molecule has 0 aliphatic heterocycles. The minimum atomic E-state index is -3.88. The van der Waals surface area contributed by atoms with Crippen LogP contribution in [-0.2, 0) is 19.6 Å². The molecule has 0 radical (unpaired) electrons. The quantitative estimate of drug-likeness (QED) is 0.506. The highest BCUT2D eigenvalue weighted by molar-refractivity contribution is 7.89. The van der Waals surface area contributed by atoms with Crippen molar-refractivity contribution in [3.63, 3.8) is 0 Å². The van der Waals surface area contributed by atoms with Crippen LogP contribution in [0.15, 0.2) is 23.1 Å². The number of methoxy groups -OCH3 is 1. The van der Waals surface area contributed by atoms with Crippen LogP contribution in [0.4, 0.5) is 0 Å². The average Bonchev–Trinajstić information content (AvgIpc) is 3.54. The largest absolute Gasteiger partial charge is 0.495 e. The van der Waals surface area contributed by atoms with Gasteiger partial charge in [-0.2, -0.15) is 10.5 Å². The number of nitrogens with one attached hydrogen (secondary N) is 1. The fourth-order valence-corrected chi connectivity index (χ4v) is 4.03. The van der Waals surface area contributed by atoms with Crippen molar-refractivity contribution in [1.82, 2.24) is 9.62 Å². The van der Waals surface area contributed by atoms with Crippen LogP contribution in [0.3, 0.4) is 0 Å². The number of ether oxygens (including phenoxy) is 2. The maximum absolute atomic E-state index is 12.5. The van der Waals surface area contributed by atoms with Gasteiger partial charge in [0.25, 0.3) is 5.91 Å². The van der Waals surface area contributed by atoms with Crippen LogP contribution in [0.2, 0.25) is 0 Å². The zero-order valence-corrected chi connectivity index (χ0v) is 17.3. The molecule has 1 fully saturated rings. The maximum atomic E-state index is 12.5. The number of amides is 1. The van der Waals surface area contributed by atoms with E-state index in [2.05, 4.69) is 4.72 Å². The standard InChI is InChI=1S/C19H22N4O6S/c1-28-16-7-4-14(12-17(16)30(26,27)22-15-5-6-15)19(25)29-13-18(24)23(10-2-8-20)11-3-9-21/h4,7,12,15,22H,2-3,5-6,10-11,13H2,1H3. The summed E-state index contributed by atoms with van der Waals surface area (Å²) in [5.74, 6) is -1.35. The number of nitrogens with zero attached hydrogens (tertiary/aromatic N) is 3. The highest BCUT2D eigenvalue weighted by Gasteiger charge is 2.30. The molecule has 160 valence electrons. The molecule has 1 aliphatic carbocycles. The van der Waals surface area contributed by atoms with E-state index < -0.39 is 28.5 Å². The molecule has 0 bridgehead atoms. The lowest BCUT2D eigenvalue weighted by atomic mass is 10.2. The molecule has 0 saturated heterocycles. The van der Waals surface area contributed by atoms with Gasteiger partial charge in [0.05, 0.1) is 37.7 Å². The second kappa shape index (κ2) is 10.6. The third-order valence-electron chi connectivity index (χ3n) is 4.25. The Hall–Kier alpha value is -3.15. The van der Waals surface area contributed by atoms with Gasteiger partial charge in [-0.3, -0.25) is 4.79 Å². The van der Waals surface area contributed by atoms with Gasteiger partial charge < -0.3 is 14.4 Å². The van der Waals surface area contributed by atoms with Gasteiger partial charge in [-0.15, -0.1) is 0 Å². The van der Waals surface area contributed by atoms with Crippen molar-refractivity contribution in [1.29, 1.82) is 10.5 Å². The molecule has 0 heterocycles. The number of rotatable bonds is 11. The predicted octanol–water partition coefficient (Wildman–Crippen LogP) is 0.949. The molecule has 1 amide bonds. The molecule has 2 rings (SSSR count). The summed E-state index contributed by atoms with van der Waals surface area (Å²) < 4.78 is 37.7. The fraction of sp³-hybridized carbons (Fsp3) is 0.474. The van der Waals surface area contributed by atoms with Gasteiger partial charge in [0, 0.05) is 19.1 Å². The lowest BCUT2D eigenvalue weighted by Gasteiger charge is -2.20. The van der Waals surface area contributed by atoms with E-state index in [-0.39, 0.29) is 48.2 Å². The Morgan fingerprint density at radius 1 is 1.20 bits per heavy atom. The van der Waals surface area contributed by atoms with E-state index in [1.807, 2.05) is 12.1 Å². The summed E-state index contributed by atoms with van der Waals surface area (Å²) in [6.07, 6.45) is 1.66. The molecule has 1 N–H and O–H groups in total. The Morgan fingerprint density at radius 3 is 2.37 bits per heavy atom. The third kappa shape index (κ3) is 6.44. The van der Waals surface area contributed by atoms with E-state index >= 15 is 0 Å². The minimum absolute atomic E-state index is 0.0552. The first-order valence-corrected chi connectivity index (χ1v) is 10.7. The number of esters is 1. The number of hydrogen-bond donors (Lipinski definition) is 1. The lowest BCUT2D eigenvalue weighted by molar-refractivity contribution is -0.134. The number of nitriles is 2. The van der Waals surface area contributed by atoms with Crippen molar-refractivity contribution in [2.75, 3.05) is 26.8 Å². The van der Waals surface area contributed by atoms with Crippen LogP contribution in [0, 0.1) is 22.7 Å². The molecule has 0 unspecified atom stereocenters. The van der Waals surface area contributed by atoms with Crippen molar-refractivity contribution in [3.05, 3.63) is 23.8 Å². The summed E-state index contributed by atoms with van der Waals surface area (Å²) >= 11 is 0. The molecule has 1 aromatic rings. The Bertz CT molecular complexity index is 958. The predicted molar refractivity (Wildman–Crippen MR) is 104 cm³/mol. The molecule has 0 atom stereocenters. The molecular formula is C19H22N4O6S. The molecule has 0 spiro atoms. The van der Waals surface area contributed by atoms with Crippen LogP contribution in [0.25, 0.3) is 0 Å². The third-order valence-corrected chi connectivity index (χ3v) is 5.80. The molecule has 1 saturated carbocycles. The normalized spacial score (nSPS) is 13.0. The van der Waals surface area contributed by atoms with Crippen molar-refractivity contribution in [2.45, 2.75) is 36.6 Å². The molecule has 11 heteroatoms. The number of sulfonamides is 1. The summed E-state index contributed by atoms with van der Waals surface area (Å²) in [4.78, 5) is 25.7. The first-order valence-electron chi connectivity index (χ1n) is 9.21. The number of benzene rings is 1. The van der Waals surface area contributed by atoms with Crippen LogP contribution in [-0.4, -0.2) is 58.0 Å². The molecular weight excluding hydrogens is 412 g/mol. The maximum Gasteiger partial charge on any atom is 0.338 e. The highest BCUT2D eigenvalue weighted by Crippen LogP contribution is 2.28. The summed E-state index contributed by atoms with van der Waals surface area (Å²) in [6, 6.07) is 7.51. The first-order chi connectivity index (χ1) is 14.3. The molecule has 30 heavy (non-hydrogen) atoms. The Labute approximate surface area is 175 Å². The Morgan fingerprint density at radius 2 is 1.83 bits per heavy atom. The van der Waals surface area contributed by atoms with E-state index in [1.165, 1.54) is 24.1 Å².